The molecule has 0 amide bonds. The second kappa shape index (κ2) is 5.44. The molecular weight excluding hydrogens is 293 g/mol. The molecule has 0 radical (unpaired) electrons. The maximum Gasteiger partial charge on any atom is 0.416 e. The third kappa shape index (κ3) is 2.68. The third-order valence-corrected chi connectivity index (χ3v) is 3.51. The molecular formula is C16H13F3N2O. The number of pyridine rings is 1. The first-order valence-electron chi connectivity index (χ1n) is 6.84. The molecule has 114 valence electrons. The van der Waals surface area contributed by atoms with Crippen LogP contribution >= 0.6 is 0 Å². The molecule has 6 heteroatoms. The Labute approximate surface area is 125 Å². The highest BCUT2D eigenvalue weighted by atomic mass is 19.4. The van der Waals surface area contributed by atoms with Crippen LogP contribution in [0.2, 0.25) is 0 Å². The highest BCUT2D eigenvalue weighted by molar-refractivity contribution is 5.98. The molecule has 0 fully saturated rings. The zero-order valence-corrected chi connectivity index (χ0v) is 11.8. The van der Waals surface area contributed by atoms with Gasteiger partial charge in [-0.3, -0.25) is 4.98 Å². The van der Waals surface area contributed by atoms with Crippen molar-refractivity contribution in [3.63, 3.8) is 0 Å². The van der Waals surface area contributed by atoms with Gasteiger partial charge in [-0.05, 0) is 30.2 Å². The Morgan fingerprint density at radius 3 is 2.77 bits per heavy atom. The fraction of sp³-hybridized carbons (Fsp3) is 0.250. The maximum atomic E-state index is 12.8. The van der Waals surface area contributed by atoms with Crippen molar-refractivity contribution in [3.05, 3.63) is 58.9 Å². The average Bonchev–Trinajstić information content (AvgIpc) is 2.53. The van der Waals surface area contributed by atoms with Gasteiger partial charge < -0.3 is 4.74 Å². The smallest absolute Gasteiger partial charge is 0.416 e. The Morgan fingerprint density at radius 1 is 1.23 bits per heavy atom. The molecule has 22 heavy (non-hydrogen) atoms. The van der Waals surface area contributed by atoms with Crippen molar-refractivity contribution in [1.29, 1.82) is 0 Å². The lowest BCUT2D eigenvalue weighted by Crippen LogP contribution is -2.14. The first kappa shape index (κ1) is 14.6. The minimum atomic E-state index is -4.38. The number of ether oxygens (including phenoxy) is 1. The van der Waals surface area contributed by atoms with Gasteiger partial charge in [0, 0.05) is 23.5 Å². The summed E-state index contributed by atoms with van der Waals surface area (Å²) in [5, 5.41) is 0. The minimum Gasteiger partial charge on any atom is -0.472 e. The average molecular weight is 306 g/mol. The highest BCUT2D eigenvalue weighted by Crippen LogP contribution is 2.35. The number of aliphatic imine (C=N–C) groups is 1. The van der Waals surface area contributed by atoms with Crippen LogP contribution in [0.4, 0.5) is 18.9 Å². The van der Waals surface area contributed by atoms with Crippen molar-refractivity contribution in [2.45, 2.75) is 26.1 Å². The highest BCUT2D eigenvalue weighted by Gasteiger charge is 2.31. The molecule has 2 aromatic rings. The van der Waals surface area contributed by atoms with E-state index < -0.39 is 11.7 Å². The summed E-state index contributed by atoms with van der Waals surface area (Å²) in [5.41, 5.74) is 1.94. The van der Waals surface area contributed by atoms with Gasteiger partial charge in [-0.15, -0.1) is 0 Å². The van der Waals surface area contributed by atoms with Gasteiger partial charge in [0.15, 0.2) is 0 Å². The fourth-order valence-electron chi connectivity index (χ4n) is 2.31. The van der Waals surface area contributed by atoms with Crippen molar-refractivity contribution in [3.8, 4) is 0 Å². The third-order valence-electron chi connectivity index (χ3n) is 3.51. The van der Waals surface area contributed by atoms with E-state index in [2.05, 4.69) is 9.98 Å². The van der Waals surface area contributed by atoms with Crippen LogP contribution in [0.5, 0.6) is 0 Å². The fourth-order valence-corrected chi connectivity index (χ4v) is 2.31. The Balaban J connectivity index is 2.06. The monoisotopic (exact) mass is 306 g/mol. The van der Waals surface area contributed by atoms with E-state index in [1.165, 1.54) is 6.07 Å². The second-order valence-electron chi connectivity index (χ2n) is 4.93. The number of aromatic nitrogens is 1. The molecule has 1 aliphatic rings. The number of benzene rings is 1. The van der Waals surface area contributed by atoms with E-state index in [0.717, 1.165) is 29.7 Å². The summed E-state index contributed by atoms with van der Waals surface area (Å²) in [5.74, 6) is 0.339. The quantitative estimate of drug-likeness (QED) is 0.830. The van der Waals surface area contributed by atoms with Gasteiger partial charge in [-0.2, -0.15) is 13.2 Å². The van der Waals surface area contributed by atoms with E-state index in [1.54, 1.807) is 18.5 Å². The molecule has 3 nitrogen and oxygen atoms in total. The number of fused-ring (bicyclic) bond motifs is 1. The molecule has 1 aliphatic heterocycles. The van der Waals surface area contributed by atoms with E-state index in [1.807, 2.05) is 6.92 Å². The minimum absolute atomic E-state index is 0.206. The molecule has 2 heterocycles. The summed E-state index contributed by atoms with van der Waals surface area (Å²) in [7, 11) is 0. The van der Waals surface area contributed by atoms with Crippen LogP contribution in [0.15, 0.2) is 41.7 Å². The van der Waals surface area contributed by atoms with Crippen LogP contribution in [-0.4, -0.2) is 10.9 Å². The molecule has 0 aliphatic carbocycles. The molecule has 0 saturated carbocycles. The van der Waals surface area contributed by atoms with E-state index in [-0.39, 0.29) is 6.61 Å². The van der Waals surface area contributed by atoms with Crippen LogP contribution in [-0.2, 0) is 23.9 Å². The predicted molar refractivity (Wildman–Crippen MR) is 76.0 cm³/mol. The molecule has 1 aromatic heterocycles. The lowest BCUT2D eigenvalue weighted by Gasteiger charge is -2.19. The van der Waals surface area contributed by atoms with Crippen LogP contribution < -0.4 is 0 Å². The molecule has 0 unspecified atom stereocenters. The van der Waals surface area contributed by atoms with Crippen LogP contribution in [0.1, 0.15) is 29.2 Å². The molecule has 0 atom stereocenters. The lowest BCUT2D eigenvalue weighted by molar-refractivity contribution is -0.137. The number of rotatable bonds is 2. The van der Waals surface area contributed by atoms with Crippen LogP contribution in [0.3, 0.4) is 0 Å². The number of nitrogens with zero attached hydrogens (tertiary/aromatic N) is 2. The van der Waals surface area contributed by atoms with Gasteiger partial charge in [0.25, 0.3) is 0 Å². The number of halogens is 3. The summed E-state index contributed by atoms with van der Waals surface area (Å²) in [6.07, 6.45) is -0.319. The lowest BCUT2D eigenvalue weighted by atomic mass is 10.1. The Bertz CT molecular complexity index is 738. The van der Waals surface area contributed by atoms with Gasteiger partial charge in [0.05, 0.1) is 11.3 Å². The summed E-state index contributed by atoms with van der Waals surface area (Å²) in [6, 6.07) is 5.28. The van der Waals surface area contributed by atoms with Gasteiger partial charge in [0.1, 0.15) is 6.61 Å². The zero-order chi connectivity index (χ0) is 15.7. The van der Waals surface area contributed by atoms with Gasteiger partial charge in [0.2, 0.25) is 5.90 Å². The Hall–Kier alpha value is -2.37. The molecule has 3 rings (SSSR count). The van der Waals surface area contributed by atoms with Crippen molar-refractivity contribution in [2.24, 2.45) is 4.99 Å². The molecule has 0 saturated heterocycles. The van der Waals surface area contributed by atoms with Crippen molar-refractivity contribution in [1.82, 2.24) is 4.98 Å². The first-order valence-corrected chi connectivity index (χ1v) is 6.84. The number of hydrogen-bond acceptors (Lipinski definition) is 3. The Morgan fingerprint density at radius 2 is 2.05 bits per heavy atom. The number of aryl methyl sites for hydroxylation is 1. The zero-order valence-electron chi connectivity index (χ0n) is 11.8. The second-order valence-corrected chi connectivity index (χ2v) is 4.93. The largest absolute Gasteiger partial charge is 0.472 e. The maximum absolute atomic E-state index is 12.8. The molecule has 0 N–H and O–H groups in total. The van der Waals surface area contributed by atoms with Crippen molar-refractivity contribution in [2.75, 3.05) is 0 Å². The standard InChI is InChI=1S/C16H13F3N2O/c1-2-10-8-20-6-5-13(10)15-21-14-7-12(16(17,18)19)4-3-11(14)9-22-15/h3-8H,2,9H2,1H3. The molecule has 1 aromatic carbocycles. The van der Waals surface area contributed by atoms with Gasteiger partial charge in [-0.25, -0.2) is 4.99 Å². The predicted octanol–water partition coefficient (Wildman–Crippen LogP) is 4.27. The number of alkyl halides is 3. The SMILES string of the molecule is CCc1cnccc1C1=Nc2cc(C(F)(F)F)ccc2CO1. The van der Waals surface area contributed by atoms with E-state index in [4.69, 9.17) is 4.74 Å². The van der Waals surface area contributed by atoms with Crippen molar-refractivity contribution < 1.29 is 17.9 Å². The molecule has 0 bridgehead atoms. The van der Waals surface area contributed by atoms with Gasteiger partial charge in [-0.1, -0.05) is 13.0 Å². The van der Waals surface area contributed by atoms with Crippen molar-refractivity contribution >= 4 is 11.6 Å². The summed E-state index contributed by atoms with van der Waals surface area (Å²) < 4.78 is 44.0. The topological polar surface area (TPSA) is 34.5 Å². The normalized spacial score (nSPS) is 14.1. The van der Waals surface area contributed by atoms with E-state index in [9.17, 15) is 13.2 Å². The Kier molecular flexibility index (Phi) is 3.60. The van der Waals surface area contributed by atoms with Crippen LogP contribution in [0.25, 0.3) is 0 Å². The van der Waals surface area contributed by atoms with Crippen LogP contribution in [0, 0.1) is 0 Å². The summed E-state index contributed by atoms with van der Waals surface area (Å²) >= 11 is 0. The number of hydrogen-bond donors (Lipinski definition) is 0. The molecule has 0 spiro atoms. The summed E-state index contributed by atoms with van der Waals surface area (Å²) in [4.78, 5) is 8.31. The van der Waals surface area contributed by atoms with E-state index >= 15 is 0 Å². The summed E-state index contributed by atoms with van der Waals surface area (Å²) in [6.45, 7) is 2.18. The van der Waals surface area contributed by atoms with E-state index in [0.29, 0.717) is 17.1 Å². The van der Waals surface area contributed by atoms with Gasteiger partial charge >= 0.3 is 6.18 Å². The first-order chi connectivity index (χ1) is 10.5.